The van der Waals surface area contributed by atoms with Crippen LogP contribution in [0.15, 0.2) is 0 Å². The average molecular weight is 213 g/mol. The molecule has 0 saturated heterocycles. The third-order valence-corrected chi connectivity index (χ3v) is 2.44. The van der Waals surface area contributed by atoms with Crippen LogP contribution in [0.2, 0.25) is 0 Å². The SMILES string of the molecule is CCC(NCCC(=O)NC1CC1)C(N)=O. The lowest BCUT2D eigenvalue weighted by atomic mass is 10.2. The highest BCUT2D eigenvalue weighted by Gasteiger charge is 2.23. The summed E-state index contributed by atoms with van der Waals surface area (Å²) in [6.45, 7) is 2.38. The summed E-state index contributed by atoms with van der Waals surface area (Å²) in [5.74, 6) is -0.315. The van der Waals surface area contributed by atoms with E-state index < -0.39 is 0 Å². The Labute approximate surface area is 89.8 Å². The number of rotatable bonds is 7. The van der Waals surface area contributed by atoms with Crippen molar-refractivity contribution in [2.24, 2.45) is 5.73 Å². The van der Waals surface area contributed by atoms with Crippen LogP contribution in [0.3, 0.4) is 0 Å². The number of hydrogen-bond donors (Lipinski definition) is 3. The molecular formula is C10H19N3O2. The summed E-state index contributed by atoms with van der Waals surface area (Å²) >= 11 is 0. The van der Waals surface area contributed by atoms with Crippen LogP contribution in [-0.4, -0.2) is 30.4 Å². The van der Waals surface area contributed by atoms with Crippen molar-refractivity contribution in [3.63, 3.8) is 0 Å². The zero-order chi connectivity index (χ0) is 11.3. The van der Waals surface area contributed by atoms with Crippen molar-refractivity contribution < 1.29 is 9.59 Å². The van der Waals surface area contributed by atoms with Crippen molar-refractivity contribution in [3.8, 4) is 0 Å². The zero-order valence-electron chi connectivity index (χ0n) is 9.08. The molecule has 1 aliphatic carbocycles. The molecule has 0 aromatic carbocycles. The van der Waals surface area contributed by atoms with Crippen molar-refractivity contribution in [2.45, 2.75) is 44.7 Å². The van der Waals surface area contributed by atoms with E-state index in [0.29, 0.717) is 25.4 Å². The lowest BCUT2D eigenvalue weighted by Crippen LogP contribution is -2.42. The first kappa shape index (κ1) is 12.0. The maximum absolute atomic E-state index is 11.3. The highest BCUT2D eigenvalue weighted by molar-refractivity contribution is 5.80. The fourth-order valence-corrected chi connectivity index (χ4v) is 1.33. The van der Waals surface area contributed by atoms with Crippen LogP contribution in [0, 0.1) is 0 Å². The molecule has 5 heteroatoms. The highest BCUT2D eigenvalue weighted by atomic mass is 16.2. The van der Waals surface area contributed by atoms with E-state index in [0.717, 1.165) is 12.8 Å². The molecule has 0 aromatic heterocycles. The van der Waals surface area contributed by atoms with Gasteiger partial charge in [-0.15, -0.1) is 0 Å². The van der Waals surface area contributed by atoms with E-state index >= 15 is 0 Å². The number of primary amides is 1. The largest absolute Gasteiger partial charge is 0.368 e. The molecule has 0 heterocycles. The van der Waals surface area contributed by atoms with Crippen molar-refractivity contribution in [1.82, 2.24) is 10.6 Å². The third kappa shape index (κ3) is 4.78. The molecule has 1 fully saturated rings. The van der Waals surface area contributed by atoms with Crippen LogP contribution in [0.4, 0.5) is 0 Å². The molecule has 0 spiro atoms. The maximum atomic E-state index is 11.3. The second kappa shape index (κ2) is 5.70. The van der Waals surface area contributed by atoms with Gasteiger partial charge in [-0.25, -0.2) is 0 Å². The van der Waals surface area contributed by atoms with Crippen LogP contribution in [-0.2, 0) is 9.59 Å². The van der Waals surface area contributed by atoms with Gasteiger partial charge in [-0.2, -0.15) is 0 Å². The van der Waals surface area contributed by atoms with Gasteiger partial charge in [-0.3, -0.25) is 9.59 Å². The van der Waals surface area contributed by atoms with Gasteiger partial charge in [0, 0.05) is 19.0 Å². The van der Waals surface area contributed by atoms with Gasteiger partial charge in [0.15, 0.2) is 0 Å². The molecule has 0 bridgehead atoms. The number of carbonyl (C=O) groups excluding carboxylic acids is 2. The Morgan fingerprint density at radius 3 is 2.60 bits per heavy atom. The van der Waals surface area contributed by atoms with E-state index in [1.807, 2.05) is 6.92 Å². The summed E-state index contributed by atoms with van der Waals surface area (Å²) in [4.78, 5) is 22.1. The van der Waals surface area contributed by atoms with E-state index in [1.54, 1.807) is 0 Å². The Bertz CT molecular complexity index is 239. The van der Waals surface area contributed by atoms with Crippen molar-refractivity contribution >= 4 is 11.8 Å². The summed E-state index contributed by atoms with van der Waals surface area (Å²) < 4.78 is 0. The summed E-state index contributed by atoms with van der Waals surface area (Å²) in [5.41, 5.74) is 5.15. The smallest absolute Gasteiger partial charge is 0.234 e. The van der Waals surface area contributed by atoms with Gasteiger partial charge in [0.1, 0.15) is 0 Å². The molecule has 5 nitrogen and oxygen atoms in total. The lowest BCUT2D eigenvalue weighted by molar-refractivity contribution is -0.122. The molecule has 1 unspecified atom stereocenters. The zero-order valence-corrected chi connectivity index (χ0v) is 9.08. The van der Waals surface area contributed by atoms with Gasteiger partial charge >= 0.3 is 0 Å². The van der Waals surface area contributed by atoms with Crippen molar-refractivity contribution in [3.05, 3.63) is 0 Å². The van der Waals surface area contributed by atoms with Crippen LogP contribution >= 0.6 is 0 Å². The second-order valence-electron chi connectivity index (χ2n) is 3.91. The summed E-state index contributed by atoms with van der Waals surface area (Å²) in [7, 11) is 0. The number of hydrogen-bond acceptors (Lipinski definition) is 3. The Hall–Kier alpha value is -1.10. The quantitative estimate of drug-likeness (QED) is 0.533. The first-order valence-electron chi connectivity index (χ1n) is 5.45. The fraction of sp³-hybridized carbons (Fsp3) is 0.800. The predicted octanol–water partition coefficient (Wildman–Crippen LogP) is -0.491. The number of nitrogens with two attached hydrogens (primary N) is 1. The molecule has 1 aliphatic rings. The van der Waals surface area contributed by atoms with Crippen LogP contribution in [0.1, 0.15) is 32.6 Å². The molecule has 15 heavy (non-hydrogen) atoms. The van der Waals surface area contributed by atoms with Gasteiger partial charge in [-0.1, -0.05) is 6.92 Å². The second-order valence-corrected chi connectivity index (χ2v) is 3.91. The van der Waals surface area contributed by atoms with Crippen LogP contribution in [0.5, 0.6) is 0 Å². The molecule has 0 radical (unpaired) electrons. The van der Waals surface area contributed by atoms with E-state index in [1.165, 1.54) is 0 Å². The average Bonchev–Trinajstić information content (AvgIpc) is 2.95. The third-order valence-electron chi connectivity index (χ3n) is 2.44. The molecule has 86 valence electrons. The molecule has 1 saturated carbocycles. The first-order valence-corrected chi connectivity index (χ1v) is 5.45. The van der Waals surface area contributed by atoms with Gasteiger partial charge in [0.05, 0.1) is 6.04 Å². The molecule has 0 aliphatic heterocycles. The minimum atomic E-state index is -0.361. The number of nitrogens with one attached hydrogen (secondary N) is 2. The highest BCUT2D eigenvalue weighted by Crippen LogP contribution is 2.18. The Kier molecular flexibility index (Phi) is 4.55. The summed E-state index contributed by atoms with van der Waals surface area (Å²) in [5, 5.41) is 5.84. The molecule has 4 N–H and O–H groups in total. The predicted molar refractivity (Wildman–Crippen MR) is 57.1 cm³/mol. The van der Waals surface area contributed by atoms with E-state index in [2.05, 4.69) is 10.6 Å². The standard InChI is InChI=1S/C10H19N3O2/c1-2-8(10(11)15)12-6-5-9(14)13-7-3-4-7/h7-8,12H,2-6H2,1H3,(H2,11,15)(H,13,14). The monoisotopic (exact) mass is 213 g/mol. The van der Waals surface area contributed by atoms with E-state index in [9.17, 15) is 9.59 Å². The van der Waals surface area contributed by atoms with Crippen LogP contribution in [0.25, 0.3) is 0 Å². The molecule has 1 atom stereocenters. The number of carbonyl (C=O) groups is 2. The Balaban J connectivity index is 2.07. The first-order chi connectivity index (χ1) is 7.13. The number of amides is 2. The van der Waals surface area contributed by atoms with E-state index in [4.69, 9.17) is 5.73 Å². The minimum absolute atomic E-state index is 0.0457. The van der Waals surface area contributed by atoms with Gasteiger partial charge in [-0.05, 0) is 19.3 Å². The van der Waals surface area contributed by atoms with Crippen molar-refractivity contribution in [2.75, 3.05) is 6.54 Å². The summed E-state index contributed by atoms with van der Waals surface area (Å²) in [6, 6.07) is 0.0781. The molecular weight excluding hydrogens is 194 g/mol. The topological polar surface area (TPSA) is 84.2 Å². The lowest BCUT2D eigenvalue weighted by Gasteiger charge is -2.12. The fourth-order valence-electron chi connectivity index (χ4n) is 1.33. The Morgan fingerprint density at radius 1 is 1.47 bits per heavy atom. The molecule has 0 aromatic rings. The van der Waals surface area contributed by atoms with E-state index in [-0.39, 0.29) is 17.9 Å². The molecule has 2 amide bonds. The minimum Gasteiger partial charge on any atom is -0.368 e. The maximum Gasteiger partial charge on any atom is 0.234 e. The van der Waals surface area contributed by atoms with Gasteiger partial charge in [0.2, 0.25) is 11.8 Å². The molecule has 1 rings (SSSR count). The van der Waals surface area contributed by atoms with Gasteiger partial charge in [0.25, 0.3) is 0 Å². The Morgan fingerprint density at radius 2 is 2.13 bits per heavy atom. The summed E-state index contributed by atoms with van der Waals surface area (Å²) in [6.07, 6.45) is 3.25. The van der Waals surface area contributed by atoms with Gasteiger partial charge < -0.3 is 16.4 Å². The normalized spacial score (nSPS) is 17.1. The van der Waals surface area contributed by atoms with Crippen LogP contribution < -0.4 is 16.4 Å². The van der Waals surface area contributed by atoms with Crippen molar-refractivity contribution in [1.29, 1.82) is 0 Å².